The highest BCUT2D eigenvalue weighted by atomic mass is 16.5. The first-order valence-corrected chi connectivity index (χ1v) is 16.2. The van der Waals surface area contributed by atoms with Crippen LogP contribution < -0.4 is 9.47 Å². The van der Waals surface area contributed by atoms with Gasteiger partial charge in [0.05, 0.1) is 26.2 Å². The summed E-state index contributed by atoms with van der Waals surface area (Å²) in [5.74, 6) is -0.0291. The maximum atomic E-state index is 11.4. The third-order valence-corrected chi connectivity index (χ3v) is 8.96. The Morgan fingerprint density at radius 1 is 0.565 bits per heavy atom. The first kappa shape index (κ1) is 36.1. The zero-order valence-corrected chi connectivity index (χ0v) is 27.7. The highest BCUT2D eigenvalue weighted by Crippen LogP contribution is 2.23. The second-order valence-corrected chi connectivity index (χ2v) is 11.6. The van der Waals surface area contributed by atoms with Gasteiger partial charge in [-0.05, 0) is 51.0 Å². The standard InChI is InChI=1S/C38H48N2O6/c1-5-39(6-2,29-37(41)42)25-27-45-35-15-11-9-13-33(35)23-21-31-17-19-32(20-18-31)22-24-34-14-10-12-16-36(34)46-28-26-40(7-3,8-4)30-38(43)44/h9-24H,5-8,25-30H2,1-4H3/p+2/b23-21+,24-22+. The first-order valence-electron chi connectivity index (χ1n) is 16.2. The Bertz CT molecular complexity index is 1350. The number of quaternary nitrogens is 2. The molecule has 0 aliphatic heterocycles. The maximum Gasteiger partial charge on any atom is 0.359 e. The predicted molar refractivity (Wildman–Crippen MR) is 186 cm³/mol. The van der Waals surface area contributed by atoms with E-state index in [9.17, 15) is 19.8 Å². The minimum atomic E-state index is -0.788. The number of para-hydroxylation sites is 2. The Morgan fingerprint density at radius 3 is 1.24 bits per heavy atom. The molecule has 8 heteroatoms. The zero-order valence-electron chi connectivity index (χ0n) is 27.7. The van der Waals surface area contributed by atoms with Crippen molar-refractivity contribution in [3.63, 3.8) is 0 Å². The molecule has 8 nitrogen and oxygen atoms in total. The van der Waals surface area contributed by atoms with Crippen LogP contribution in [0.25, 0.3) is 24.3 Å². The number of aliphatic carboxylic acids is 2. The second kappa shape index (κ2) is 17.9. The number of carboxylic acids is 2. The molecule has 0 unspecified atom stereocenters. The van der Waals surface area contributed by atoms with Gasteiger partial charge in [-0.15, -0.1) is 0 Å². The monoisotopic (exact) mass is 630 g/mol. The number of carbonyl (C=O) groups is 2. The normalized spacial score (nSPS) is 12.1. The van der Waals surface area contributed by atoms with Crippen molar-refractivity contribution in [3.05, 3.63) is 95.1 Å². The van der Waals surface area contributed by atoms with Crippen LogP contribution in [0.4, 0.5) is 0 Å². The van der Waals surface area contributed by atoms with Gasteiger partial charge in [0.15, 0.2) is 13.1 Å². The van der Waals surface area contributed by atoms with E-state index in [4.69, 9.17) is 9.47 Å². The molecular weight excluding hydrogens is 580 g/mol. The van der Waals surface area contributed by atoms with E-state index < -0.39 is 11.9 Å². The summed E-state index contributed by atoms with van der Waals surface area (Å²) in [7, 11) is 0. The molecule has 0 aromatic heterocycles. The topological polar surface area (TPSA) is 93.1 Å². The fourth-order valence-electron chi connectivity index (χ4n) is 5.55. The van der Waals surface area contributed by atoms with Crippen molar-refractivity contribution < 1.29 is 38.2 Å². The summed E-state index contributed by atoms with van der Waals surface area (Å²) in [6, 6.07) is 24.0. The smallest absolute Gasteiger partial charge is 0.359 e. The van der Waals surface area contributed by atoms with E-state index in [1.54, 1.807) is 0 Å². The number of benzene rings is 3. The lowest BCUT2D eigenvalue weighted by molar-refractivity contribution is -0.918. The molecule has 0 radical (unpaired) electrons. The van der Waals surface area contributed by atoms with Crippen LogP contribution in [0, 0.1) is 0 Å². The van der Waals surface area contributed by atoms with E-state index in [1.165, 1.54) is 0 Å². The molecule has 0 saturated heterocycles. The molecule has 0 saturated carbocycles. The van der Waals surface area contributed by atoms with Crippen LogP contribution >= 0.6 is 0 Å². The van der Waals surface area contributed by atoms with E-state index in [2.05, 4.69) is 36.4 Å². The summed E-state index contributed by atoms with van der Waals surface area (Å²) in [6.45, 7) is 13.4. The number of ether oxygens (including phenoxy) is 2. The number of hydrogen-bond donors (Lipinski definition) is 2. The molecule has 0 heterocycles. The highest BCUT2D eigenvalue weighted by Gasteiger charge is 2.27. The SMILES string of the molecule is CC[N+](CC)(CCOc1ccccc1/C=C/c1ccc(/C=C/c2ccccc2OCC[N+](CC)(CC)CC(=O)O)cc1)CC(=O)O. The van der Waals surface area contributed by atoms with Gasteiger partial charge in [0.1, 0.15) is 37.8 Å². The summed E-state index contributed by atoms with van der Waals surface area (Å²) in [5, 5.41) is 18.7. The van der Waals surface area contributed by atoms with Crippen LogP contribution in [0.2, 0.25) is 0 Å². The maximum absolute atomic E-state index is 11.4. The average Bonchev–Trinajstić information content (AvgIpc) is 3.06. The van der Waals surface area contributed by atoms with Gasteiger partial charge in [-0.25, -0.2) is 9.59 Å². The van der Waals surface area contributed by atoms with Gasteiger partial charge < -0.3 is 28.7 Å². The summed E-state index contributed by atoms with van der Waals surface area (Å²) in [6.07, 6.45) is 8.18. The molecule has 0 atom stereocenters. The van der Waals surface area contributed by atoms with E-state index in [0.717, 1.165) is 59.9 Å². The molecule has 2 N–H and O–H groups in total. The molecule has 0 spiro atoms. The largest absolute Gasteiger partial charge is 0.487 e. The van der Waals surface area contributed by atoms with Crippen molar-refractivity contribution in [3.8, 4) is 11.5 Å². The second-order valence-electron chi connectivity index (χ2n) is 11.6. The van der Waals surface area contributed by atoms with Crippen molar-refractivity contribution in [1.29, 1.82) is 0 Å². The van der Waals surface area contributed by atoms with Gasteiger partial charge in [0.2, 0.25) is 0 Å². The third kappa shape index (κ3) is 10.9. The summed E-state index contributed by atoms with van der Waals surface area (Å²) in [4.78, 5) is 22.8. The number of hydrogen-bond acceptors (Lipinski definition) is 4. The number of rotatable bonds is 20. The fraction of sp³-hybridized carbons (Fsp3) is 0.368. The fourth-order valence-corrected chi connectivity index (χ4v) is 5.55. The summed E-state index contributed by atoms with van der Waals surface area (Å²) in [5.41, 5.74) is 4.03. The molecule has 46 heavy (non-hydrogen) atoms. The number of likely N-dealkylation sites (N-methyl/N-ethyl adjacent to an activating group) is 2. The predicted octanol–water partition coefficient (Wildman–Crippen LogP) is 6.67. The highest BCUT2D eigenvalue weighted by molar-refractivity contribution is 5.75. The average molecular weight is 631 g/mol. The molecule has 3 rings (SSSR count). The molecule has 246 valence electrons. The van der Waals surface area contributed by atoms with Gasteiger partial charge in [0, 0.05) is 11.1 Å². The van der Waals surface area contributed by atoms with Gasteiger partial charge in [-0.3, -0.25) is 0 Å². The lowest BCUT2D eigenvalue weighted by atomic mass is 10.1. The van der Waals surface area contributed by atoms with Gasteiger partial charge >= 0.3 is 11.9 Å². The van der Waals surface area contributed by atoms with Gasteiger partial charge in [0.25, 0.3) is 0 Å². The van der Waals surface area contributed by atoms with Crippen molar-refractivity contribution >= 4 is 36.2 Å². The van der Waals surface area contributed by atoms with E-state index >= 15 is 0 Å². The van der Waals surface area contributed by atoms with Gasteiger partial charge in [-0.2, -0.15) is 0 Å². The van der Waals surface area contributed by atoms with Crippen LogP contribution in [0.1, 0.15) is 49.9 Å². The Labute approximate surface area is 274 Å². The Kier molecular flexibility index (Phi) is 14.1. The summed E-state index contributed by atoms with van der Waals surface area (Å²) >= 11 is 0. The molecule has 0 aliphatic rings. The van der Waals surface area contributed by atoms with Crippen LogP contribution in [-0.4, -0.2) is 96.7 Å². The van der Waals surface area contributed by atoms with Crippen LogP contribution in [0.3, 0.4) is 0 Å². The quantitative estimate of drug-likeness (QED) is 0.107. The van der Waals surface area contributed by atoms with Crippen molar-refractivity contribution in [1.82, 2.24) is 0 Å². The number of nitrogens with zero attached hydrogens (tertiary/aromatic N) is 2. The minimum Gasteiger partial charge on any atom is -0.487 e. The molecule has 0 bridgehead atoms. The molecular formula is C38H50N2O6+2. The molecule has 3 aromatic rings. The Balaban J connectivity index is 1.62. The van der Waals surface area contributed by atoms with E-state index in [0.29, 0.717) is 35.3 Å². The Morgan fingerprint density at radius 2 is 0.913 bits per heavy atom. The Hall–Kier alpha value is -4.40. The number of carboxylic acid groups (broad SMARTS) is 2. The molecule has 0 aliphatic carbocycles. The molecule has 0 amide bonds. The molecule has 0 fully saturated rings. The lowest BCUT2D eigenvalue weighted by Gasteiger charge is -2.35. The third-order valence-electron chi connectivity index (χ3n) is 8.96. The van der Waals surface area contributed by atoms with Crippen LogP contribution in [0.5, 0.6) is 11.5 Å². The first-order chi connectivity index (χ1) is 22.2. The van der Waals surface area contributed by atoms with E-state index in [1.807, 2.05) is 88.4 Å². The van der Waals surface area contributed by atoms with E-state index in [-0.39, 0.29) is 13.1 Å². The lowest BCUT2D eigenvalue weighted by Crippen LogP contribution is -2.53. The van der Waals surface area contributed by atoms with Crippen molar-refractivity contribution in [2.45, 2.75) is 27.7 Å². The molecule has 3 aromatic carbocycles. The zero-order chi connectivity index (χ0) is 33.4. The van der Waals surface area contributed by atoms with Crippen molar-refractivity contribution in [2.75, 3.05) is 65.6 Å². The van der Waals surface area contributed by atoms with Crippen LogP contribution in [-0.2, 0) is 9.59 Å². The summed E-state index contributed by atoms with van der Waals surface area (Å²) < 4.78 is 13.2. The van der Waals surface area contributed by atoms with Crippen molar-refractivity contribution in [2.24, 2.45) is 0 Å². The van der Waals surface area contributed by atoms with Crippen LogP contribution in [0.15, 0.2) is 72.8 Å². The minimum absolute atomic E-state index is 0.0949. The van der Waals surface area contributed by atoms with Gasteiger partial charge in [-0.1, -0.05) is 85.0 Å².